The Morgan fingerprint density at radius 2 is 1.69 bits per heavy atom. The molecule has 2 aliphatic carbocycles. The summed E-state index contributed by atoms with van der Waals surface area (Å²) >= 11 is 17.7. The molecule has 202 valence electrons. The number of amides is 4. The second kappa shape index (κ2) is 8.81. The third kappa shape index (κ3) is 3.36. The SMILES string of the molecule is COc1cc(O)ccc1[C@H]1C2=CC[C@@H]3C(=O)N(c4ccc(Br)cc4)C(=O)[C@@H]3[C@@H]2C[C@@]2(Cl)C(=O)N(C)C(=O)[C@@]12Cl. The van der Waals surface area contributed by atoms with Gasteiger partial charge in [-0.2, -0.15) is 0 Å². The molecule has 3 fully saturated rings. The molecule has 0 unspecified atom stereocenters. The maximum atomic E-state index is 14.0. The first-order valence-electron chi connectivity index (χ1n) is 12.4. The summed E-state index contributed by atoms with van der Waals surface area (Å²) in [5.74, 6) is -4.87. The normalized spacial score (nSPS) is 33.6. The number of alkyl halides is 2. The number of ether oxygens (including phenoxy) is 1. The summed E-state index contributed by atoms with van der Waals surface area (Å²) in [5, 5.41) is 10.1. The van der Waals surface area contributed by atoms with E-state index >= 15 is 0 Å². The van der Waals surface area contributed by atoms with Gasteiger partial charge in [-0.3, -0.25) is 29.0 Å². The molecule has 1 saturated carbocycles. The number of carbonyl (C=O) groups excluding carboxylic acids is 4. The van der Waals surface area contributed by atoms with Crippen LogP contribution in [0.15, 0.2) is 58.6 Å². The molecule has 11 heteroatoms. The largest absolute Gasteiger partial charge is 0.508 e. The van der Waals surface area contributed by atoms with E-state index in [2.05, 4.69) is 15.9 Å². The lowest BCUT2D eigenvalue weighted by molar-refractivity contribution is -0.138. The molecular formula is C28H23BrCl2N2O6. The molecule has 2 aromatic carbocycles. The Hall–Kier alpha value is -2.88. The average Bonchev–Trinajstić information content (AvgIpc) is 3.24. The predicted octanol–water partition coefficient (Wildman–Crippen LogP) is 4.36. The van der Waals surface area contributed by atoms with Gasteiger partial charge in [0.15, 0.2) is 9.75 Å². The summed E-state index contributed by atoms with van der Waals surface area (Å²) in [6.45, 7) is 0. The van der Waals surface area contributed by atoms with Crippen LogP contribution in [0.3, 0.4) is 0 Å². The molecule has 1 N–H and O–H groups in total. The van der Waals surface area contributed by atoms with E-state index in [0.29, 0.717) is 16.8 Å². The number of methoxy groups -OCH3 is 1. The van der Waals surface area contributed by atoms with Crippen molar-refractivity contribution in [3.8, 4) is 11.5 Å². The molecule has 0 spiro atoms. The highest BCUT2D eigenvalue weighted by molar-refractivity contribution is 9.10. The van der Waals surface area contributed by atoms with E-state index in [1.165, 1.54) is 31.2 Å². The topological polar surface area (TPSA) is 104 Å². The van der Waals surface area contributed by atoms with Crippen molar-refractivity contribution < 1.29 is 29.0 Å². The van der Waals surface area contributed by atoms with Crippen LogP contribution < -0.4 is 9.64 Å². The number of benzene rings is 2. The van der Waals surface area contributed by atoms with Crippen molar-refractivity contribution in [2.24, 2.45) is 17.8 Å². The summed E-state index contributed by atoms with van der Waals surface area (Å²) in [4.78, 5) is 53.0. The number of likely N-dealkylation sites (tertiary alicyclic amines) is 1. The van der Waals surface area contributed by atoms with E-state index in [4.69, 9.17) is 27.9 Å². The van der Waals surface area contributed by atoms with Crippen molar-refractivity contribution in [2.75, 3.05) is 19.1 Å². The first-order valence-corrected chi connectivity index (χ1v) is 13.9. The zero-order valence-corrected chi connectivity index (χ0v) is 24.0. The molecule has 0 radical (unpaired) electrons. The number of hydrogen-bond donors (Lipinski definition) is 1. The number of halogens is 3. The maximum Gasteiger partial charge on any atom is 0.253 e. The number of nitrogens with zero attached hydrogens (tertiary/aromatic N) is 2. The quantitative estimate of drug-likeness (QED) is 0.306. The van der Waals surface area contributed by atoms with Crippen LogP contribution in [-0.2, 0) is 19.2 Å². The van der Waals surface area contributed by atoms with Crippen LogP contribution in [0, 0.1) is 17.8 Å². The van der Waals surface area contributed by atoms with Gasteiger partial charge in [-0.15, -0.1) is 23.2 Å². The Kier molecular flexibility index (Phi) is 5.95. The minimum Gasteiger partial charge on any atom is -0.508 e. The van der Waals surface area contributed by atoms with Gasteiger partial charge >= 0.3 is 0 Å². The van der Waals surface area contributed by atoms with Gasteiger partial charge in [0.25, 0.3) is 11.8 Å². The molecule has 4 amide bonds. The van der Waals surface area contributed by atoms with E-state index in [1.807, 2.05) is 6.08 Å². The van der Waals surface area contributed by atoms with Gasteiger partial charge in [-0.25, -0.2) is 0 Å². The molecule has 2 aliphatic heterocycles. The van der Waals surface area contributed by atoms with Crippen molar-refractivity contribution in [1.82, 2.24) is 4.90 Å². The highest BCUT2D eigenvalue weighted by Crippen LogP contribution is 2.66. The number of fused-ring (bicyclic) bond motifs is 4. The summed E-state index contributed by atoms with van der Waals surface area (Å²) in [7, 11) is 2.75. The van der Waals surface area contributed by atoms with Crippen LogP contribution in [0.5, 0.6) is 11.5 Å². The first kappa shape index (κ1) is 26.3. The number of carbonyl (C=O) groups is 4. The monoisotopic (exact) mass is 632 g/mol. The number of allylic oxidation sites excluding steroid dienone is 2. The highest BCUT2D eigenvalue weighted by atomic mass is 79.9. The number of hydrogen-bond acceptors (Lipinski definition) is 6. The molecule has 6 atom stereocenters. The number of imide groups is 2. The number of anilines is 1. The van der Waals surface area contributed by atoms with Crippen LogP contribution in [0.1, 0.15) is 24.3 Å². The van der Waals surface area contributed by atoms with Crippen LogP contribution >= 0.6 is 39.1 Å². The zero-order chi connectivity index (χ0) is 28.0. The summed E-state index contributed by atoms with van der Waals surface area (Å²) in [6.07, 6.45) is 2.02. The Morgan fingerprint density at radius 1 is 1.00 bits per heavy atom. The second-order valence-corrected chi connectivity index (χ2v) is 12.6. The van der Waals surface area contributed by atoms with Crippen LogP contribution in [-0.4, -0.2) is 57.5 Å². The fourth-order valence-corrected chi connectivity index (χ4v) is 8.15. The molecule has 4 aliphatic rings. The predicted molar refractivity (Wildman–Crippen MR) is 147 cm³/mol. The van der Waals surface area contributed by atoms with Crippen molar-refractivity contribution in [3.05, 3.63) is 64.1 Å². The number of aromatic hydroxyl groups is 1. The Labute approximate surface area is 242 Å². The van der Waals surface area contributed by atoms with E-state index in [0.717, 1.165) is 9.37 Å². The molecule has 6 rings (SSSR count). The Morgan fingerprint density at radius 3 is 2.36 bits per heavy atom. The highest BCUT2D eigenvalue weighted by Gasteiger charge is 2.76. The molecule has 2 saturated heterocycles. The molecule has 0 aromatic heterocycles. The number of rotatable bonds is 3. The molecule has 2 aromatic rings. The van der Waals surface area contributed by atoms with Crippen molar-refractivity contribution in [2.45, 2.75) is 28.5 Å². The third-order valence-electron chi connectivity index (χ3n) is 8.63. The lowest BCUT2D eigenvalue weighted by Crippen LogP contribution is -2.60. The zero-order valence-electron chi connectivity index (χ0n) is 20.9. The number of phenols is 1. The lowest BCUT2D eigenvalue weighted by Gasteiger charge is -2.51. The van der Waals surface area contributed by atoms with Gasteiger partial charge in [-0.1, -0.05) is 33.6 Å². The fraction of sp³-hybridized carbons (Fsp3) is 0.357. The van der Waals surface area contributed by atoms with Crippen molar-refractivity contribution >= 4 is 68.4 Å². The minimum absolute atomic E-state index is 0.0611. The molecule has 8 nitrogen and oxygen atoms in total. The van der Waals surface area contributed by atoms with Gasteiger partial charge in [0, 0.05) is 29.1 Å². The smallest absolute Gasteiger partial charge is 0.253 e. The van der Waals surface area contributed by atoms with Crippen molar-refractivity contribution in [3.63, 3.8) is 0 Å². The van der Waals surface area contributed by atoms with Gasteiger partial charge in [0.05, 0.1) is 24.6 Å². The molecule has 39 heavy (non-hydrogen) atoms. The summed E-state index contributed by atoms with van der Waals surface area (Å²) in [6, 6.07) is 11.3. The summed E-state index contributed by atoms with van der Waals surface area (Å²) < 4.78 is 6.36. The van der Waals surface area contributed by atoms with E-state index < -0.39 is 45.2 Å². The molecular weight excluding hydrogens is 611 g/mol. The first-order chi connectivity index (χ1) is 18.5. The molecule has 0 bridgehead atoms. The number of phenolic OH excluding ortho intramolecular Hbond substituents is 1. The van der Waals surface area contributed by atoms with Crippen LogP contribution in [0.25, 0.3) is 0 Å². The maximum absolute atomic E-state index is 14.0. The van der Waals surface area contributed by atoms with E-state index in [1.54, 1.807) is 30.3 Å². The Bertz CT molecular complexity index is 1500. The van der Waals surface area contributed by atoms with Crippen LogP contribution in [0.4, 0.5) is 5.69 Å². The average molecular weight is 634 g/mol. The second-order valence-electron chi connectivity index (χ2n) is 10.4. The minimum atomic E-state index is -1.92. The van der Waals surface area contributed by atoms with E-state index in [-0.39, 0.29) is 36.2 Å². The Balaban J connectivity index is 1.53. The van der Waals surface area contributed by atoms with Crippen molar-refractivity contribution in [1.29, 1.82) is 0 Å². The van der Waals surface area contributed by atoms with E-state index in [9.17, 15) is 24.3 Å². The van der Waals surface area contributed by atoms with Gasteiger partial charge in [-0.05, 0) is 49.1 Å². The lowest BCUT2D eigenvalue weighted by atomic mass is 9.56. The standard InChI is InChI=1S/C28H23BrCl2N2O6/c1-32-25(37)27(30)12-19-16(22(28(27,31)26(32)38)17-8-7-15(34)11-20(17)39-2)9-10-18-21(19)24(36)33(23(18)35)14-5-3-13(29)4-6-14/h3-9,11,18-19,21-22,34H,10,12H2,1-2H3/t18-,19+,21-,22+,27+,28-/m0/s1. The fourth-order valence-electron chi connectivity index (χ4n) is 6.87. The molecule has 2 heterocycles. The van der Waals surface area contributed by atoms with Gasteiger partial charge < -0.3 is 9.84 Å². The van der Waals surface area contributed by atoms with Gasteiger partial charge in [0.1, 0.15) is 11.5 Å². The third-order valence-corrected chi connectivity index (χ3v) is 10.6. The summed E-state index contributed by atoms with van der Waals surface area (Å²) in [5.41, 5.74) is 1.56. The van der Waals surface area contributed by atoms with Crippen LogP contribution in [0.2, 0.25) is 0 Å². The van der Waals surface area contributed by atoms with Gasteiger partial charge in [0.2, 0.25) is 11.8 Å².